The fraction of sp³-hybridized carbons (Fsp3) is 0.889. The summed E-state index contributed by atoms with van der Waals surface area (Å²) >= 11 is 0. The van der Waals surface area contributed by atoms with Gasteiger partial charge in [0.2, 0.25) is 10.0 Å². The van der Waals surface area contributed by atoms with Crippen molar-refractivity contribution >= 4 is 16.0 Å². The summed E-state index contributed by atoms with van der Waals surface area (Å²) in [6, 6.07) is 0.00343. The maximum Gasteiger partial charge on any atom is 0.328 e. The Bertz CT molecular complexity index is 343. The number of esters is 1. The van der Waals surface area contributed by atoms with Crippen LogP contribution in [0.3, 0.4) is 0 Å². The number of sulfonamides is 1. The highest BCUT2D eigenvalue weighted by molar-refractivity contribution is 7.91. The minimum atomic E-state index is -3.64. The van der Waals surface area contributed by atoms with Crippen LogP contribution >= 0.6 is 0 Å². The van der Waals surface area contributed by atoms with E-state index in [-0.39, 0.29) is 12.6 Å². The molecule has 0 aromatic rings. The number of hydrogen-bond acceptors (Lipinski definition) is 4. The van der Waals surface area contributed by atoms with Crippen LogP contribution in [-0.4, -0.2) is 31.8 Å². The molecule has 1 rings (SSSR count). The fourth-order valence-electron chi connectivity index (χ4n) is 0.983. The molecule has 0 unspecified atom stereocenters. The van der Waals surface area contributed by atoms with Crippen molar-refractivity contribution in [2.45, 2.75) is 44.4 Å². The minimum absolute atomic E-state index is 0.00343. The van der Waals surface area contributed by atoms with Crippen LogP contribution in [0.5, 0.6) is 0 Å². The van der Waals surface area contributed by atoms with Gasteiger partial charge in [0.1, 0.15) is 0 Å². The Balaban J connectivity index is 2.77. The van der Waals surface area contributed by atoms with E-state index in [1.807, 2.05) is 0 Å². The Morgan fingerprint density at radius 1 is 1.47 bits per heavy atom. The normalized spacial score (nSPS) is 17.5. The fourth-order valence-corrected chi connectivity index (χ4v) is 2.23. The zero-order chi connectivity index (χ0) is 11.7. The van der Waals surface area contributed by atoms with E-state index < -0.39 is 20.7 Å². The maximum atomic E-state index is 11.8. The lowest BCUT2D eigenvalue weighted by Gasteiger charge is -2.22. The van der Waals surface area contributed by atoms with Gasteiger partial charge >= 0.3 is 5.97 Å². The van der Waals surface area contributed by atoms with Gasteiger partial charge in [-0.1, -0.05) is 0 Å². The van der Waals surface area contributed by atoms with Crippen LogP contribution in [-0.2, 0) is 19.6 Å². The van der Waals surface area contributed by atoms with Crippen LogP contribution in [0.2, 0.25) is 0 Å². The summed E-state index contributed by atoms with van der Waals surface area (Å²) in [5, 5.41) is 0. The maximum absolute atomic E-state index is 11.8. The van der Waals surface area contributed by atoms with E-state index in [0.717, 1.165) is 12.8 Å². The van der Waals surface area contributed by atoms with Crippen molar-refractivity contribution in [1.29, 1.82) is 0 Å². The Labute approximate surface area is 90.2 Å². The highest BCUT2D eigenvalue weighted by Crippen LogP contribution is 2.25. The smallest absolute Gasteiger partial charge is 0.328 e. The van der Waals surface area contributed by atoms with Gasteiger partial charge in [-0.25, -0.2) is 13.1 Å². The molecule has 1 N–H and O–H groups in total. The molecule has 0 radical (unpaired) electrons. The standard InChI is InChI=1S/C9H17NO4S/c1-4-14-8(11)9(2,3)15(12,13)10-7-5-6-7/h7,10H,4-6H2,1-3H3. The first-order valence-corrected chi connectivity index (χ1v) is 6.48. The third kappa shape index (κ3) is 2.69. The van der Waals surface area contributed by atoms with E-state index in [2.05, 4.69) is 4.72 Å². The molecule has 0 heterocycles. The van der Waals surface area contributed by atoms with Gasteiger partial charge in [0, 0.05) is 6.04 Å². The van der Waals surface area contributed by atoms with E-state index in [1.54, 1.807) is 6.92 Å². The van der Waals surface area contributed by atoms with E-state index >= 15 is 0 Å². The lowest BCUT2D eigenvalue weighted by molar-refractivity contribution is -0.145. The molecule has 0 saturated heterocycles. The molecule has 0 atom stereocenters. The molecule has 1 aliphatic carbocycles. The van der Waals surface area contributed by atoms with Gasteiger partial charge in [-0.15, -0.1) is 0 Å². The Morgan fingerprint density at radius 3 is 2.40 bits per heavy atom. The van der Waals surface area contributed by atoms with Gasteiger partial charge in [0.15, 0.2) is 4.75 Å². The molecule has 1 fully saturated rings. The number of hydrogen-bond donors (Lipinski definition) is 1. The zero-order valence-corrected chi connectivity index (χ0v) is 10.1. The quantitative estimate of drug-likeness (QED) is 0.700. The largest absolute Gasteiger partial charge is 0.465 e. The van der Waals surface area contributed by atoms with Gasteiger partial charge in [-0.2, -0.15) is 0 Å². The Hall–Kier alpha value is -0.620. The van der Waals surface area contributed by atoms with Gasteiger partial charge in [0.05, 0.1) is 6.61 Å². The predicted molar refractivity (Wildman–Crippen MR) is 55.8 cm³/mol. The number of ether oxygens (including phenoxy) is 1. The van der Waals surface area contributed by atoms with Gasteiger partial charge in [0.25, 0.3) is 0 Å². The Morgan fingerprint density at radius 2 is 2.00 bits per heavy atom. The molecule has 5 nitrogen and oxygen atoms in total. The van der Waals surface area contributed by atoms with Crippen molar-refractivity contribution in [3.05, 3.63) is 0 Å². The van der Waals surface area contributed by atoms with E-state index in [4.69, 9.17) is 4.74 Å². The molecule has 0 bridgehead atoms. The van der Waals surface area contributed by atoms with Crippen LogP contribution in [0.25, 0.3) is 0 Å². The first kappa shape index (κ1) is 12.4. The minimum Gasteiger partial charge on any atom is -0.465 e. The van der Waals surface area contributed by atoms with Gasteiger partial charge < -0.3 is 4.74 Å². The third-order valence-corrected chi connectivity index (χ3v) is 4.49. The molecular weight excluding hydrogens is 218 g/mol. The lowest BCUT2D eigenvalue weighted by Crippen LogP contribution is -2.49. The van der Waals surface area contributed by atoms with E-state index in [1.165, 1.54) is 13.8 Å². The van der Waals surface area contributed by atoms with Crippen molar-refractivity contribution in [3.63, 3.8) is 0 Å². The summed E-state index contributed by atoms with van der Waals surface area (Å²) in [7, 11) is -3.64. The molecule has 0 aromatic carbocycles. The third-order valence-electron chi connectivity index (χ3n) is 2.34. The van der Waals surface area contributed by atoms with Gasteiger partial charge in [-0.3, -0.25) is 4.79 Å². The monoisotopic (exact) mass is 235 g/mol. The van der Waals surface area contributed by atoms with Crippen LogP contribution < -0.4 is 4.72 Å². The zero-order valence-electron chi connectivity index (χ0n) is 9.24. The Kier molecular flexibility index (Phi) is 3.40. The van der Waals surface area contributed by atoms with E-state index in [0.29, 0.717) is 0 Å². The highest BCUT2D eigenvalue weighted by atomic mass is 32.2. The first-order chi connectivity index (χ1) is 6.81. The summed E-state index contributed by atoms with van der Waals surface area (Å²) in [5.74, 6) is -0.710. The van der Waals surface area contributed by atoms with E-state index in [9.17, 15) is 13.2 Å². The first-order valence-electron chi connectivity index (χ1n) is 5.00. The number of nitrogens with one attached hydrogen (secondary N) is 1. The lowest BCUT2D eigenvalue weighted by atomic mass is 10.2. The second-order valence-electron chi connectivity index (χ2n) is 4.13. The molecule has 0 amide bonds. The predicted octanol–water partition coefficient (Wildman–Crippen LogP) is 0.410. The molecule has 1 saturated carbocycles. The van der Waals surface area contributed by atoms with Crippen LogP contribution in [0.1, 0.15) is 33.6 Å². The molecule has 1 aliphatic rings. The molecule has 88 valence electrons. The summed E-state index contributed by atoms with van der Waals surface area (Å²) < 4.78 is 29.3. The van der Waals surface area contributed by atoms with Crippen LogP contribution in [0.4, 0.5) is 0 Å². The molecule has 6 heteroatoms. The number of carbonyl (C=O) groups excluding carboxylic acids is 1. The van der Waals surface area contributed by atoms with Crippen molar-refractivity contribution in [1.82, 2.24) is 4.72 Å². The second-order valence-corrected chi connectivity index (χ2v) is 6.39. The molecule has 0 aliphatic heterocycles. The SMILES string of the molecule is CCOC(=O)C(C)(C)S(=O)(=O)NC1CC1. The van der Waals surface area contributed by atoms with Crippen molar-refractivity contribution < 1.29 is 17.9 Å². The summed E-state index contributed by atoms with van der Waals surface area (Å²) in [6.45, 7) is 4.54. The average molecular weight is 235 g/mol. The molecule has 15 heavy (non-hydrogen) atoms. The van der Waals surface area contributed by atoms with Gasteiger partial charge in [-0.05, 0) is 33.6 Å². The van der Waals surface area contributed by atoms with Crippen LogP contribution in [0, 0.1) is 0 Å². The topological polar surface area (TPSA) is 72.5 Å². The number of rotatable bonds is 5. The average Bonchev–Trinajstić information content (AvgIpc) is 2.87. The molecule has 0 aromatic heterocycles. The second kappa shape index (κ2) is 4.09. The van der Waals surface area contributed by atoms with Crippen molar-refractivity contribution in [2.75, 3.05) is 6.61 Å². The van der Waals surface area contributed by atoms with Crippen molar-refractivity contribution in [2.24, 2.45) is 0 Å². The summed E-state index contributed by atoms with van der Waals surface area (Å²) in [5.41, 5.74) is 0. The highest BCUT2D eigenvalue weighted by Gasteiger charge is 2.45. The number of carbonyl (C=O) groups is 1. The van der Waals surface area contributed by atoms with Crippen molar-refractivity contribution in [3.8, 4) is 0 Å². The molecule has 0 spiro atoms. The van der Waals surface area contributed by atoms with Crippen LogP contribution in [0.15, 0.2) is 0 Å². The summed E-state index contributed by atoms with van der Waals surface area (Å²) in [4.78, 5) is 11.5. The summed E-state index contributed by atoms with van der Waals surface area (Å²) in [6.07, 6.45) is 1.69. The molecular formula is C9H17NO4S.